The molecular weight excluding hydrogens is 371 g/mol. The molecule has 0 N–H and O–H groups in total. The summed E-state index contributed by atoms with van der Waals surface area (Å²) in [6.07, 6.45) is 1.63. The first-order valence-corrected chi connectivity index (χ1v) is 6.85. The Morgan fingerprint density at radius 2 is 2.20 bits per heavy atom. The molecule has 1 heterocycles. The van der Waals surface area contributed by atoms with Crippen LogP contribution in [0.3, 0.4) is 0 Å². The second kappa shape index (κ2) is 4.95. The Hall–Kier alpha value is 0.0900. The van der Waals surface area contributed by atoms with Crippen molar-refractivity contribution in [2.45, 2.75) is 27.3 Å². The smallest absolute Gasteiger partial charge is 0.267 e. The molecular formula is C10H14BrIN2O. The summed E-state index contributed by atoms with van der Waals surface area (Å²) in [7, 11) is 0. The molecule has 0 aliphatic rings. The third kappa shape index (κ3) is 3.27. The minimum Gasteiger partial charge on any atom is -0.298 e. The predicted molar refractivity (Wildman–Crippen MR) is 73.5 cm³/mol. The molecule has 0 radical (unpaired) electrons. The number of hydrogen-bond donors (Lipinski definition) is 0. The van der Waals surface area contributed by atoms with Gasteiger partial charge in [0, 0.05) is 11.9 Å². The van der Waals surface area contributed by atoms with Gasteiger partial charge in [0.15, 0.2) is 0 Å². The van der Waals surface area contributed by atoms with Gasteiger partial charge in [0.1, 0.15) is 0 Å². The highest BCUT2D eigenvalue weighted by Crippen LogP contribution is 2.19. The SMILES string of the molecule is Cc1ncn(CC(C)(C)CBr)c(=O)c1I. The van der Waals surface area contributed by atoms with Gasteiger partial charge < -0.3 is 0 Å². The average Bonchev–Trinajstić information content (AvgIpc) is 2.19. The van der Waals surface area contributed by atoms with E-state index in [4.69, 9.17) is 0 Å². The van der Waals surface area contributed by atoms with Crippen molar-refractivity contribution in [2.75, 3.05) is 5.33 Å². The molecule has 3 nitrogen and oxygen atoms in total. The number of halogens is 2. The summed E-state index contributed by atoms with van der Waals surface area (Å²) in [4.78, 5) is 16.1. The minimum atomic E-state index is 0.0529. The van der Waals surface area contributed by atoms with E-state index < -0.39 is 0 Å². The Labute approximate surface area is 112 Å². The Bertz CT molecular complexity index is 414. The zero-order valence-corrected chi connectivity index (χ0v) is 12.8. The lowest BCUT2D eigenvalue weighted by molar-refractivity contribution is 0.346. The highest BCUT2D eigenvalue weighted by atomic mass is 127. The number of nitrogens with zero attached hydrogens (tertiary/aromatic N) is 2. The van der Waals surface area contributed by atoms with E-state index in [0.717, 1.165) is 11.0 Å². The molecule has 0 aromatic carbocycles. The van der Waals surface area contributed by atoms with Crippen molar-refractivity contribution in [3.8, 4) is 0 Å². The van der Waals surface area contributed by atoms with Crippen LogP contribution in [0, 0.1) is 15.9 Å². The molecule has 0 saturated carbocycles. The fourth-order valence-electron chi connectivity index (χ4n) is 1.16. The summed E-state index contributed by atoms with van der Waals surface area (Å²) in [6.45, 7) is 6.76. The number of rotatable bonds is 3. The fourth-order valence-corrected chi connectivity index (χ4v) is 1.79. The molecule has 0 spiro atoms. The van der Waals surface area contributed by atoms with Crippen LogP contribution in [0.5, 0.6) is 0 Å². The first-order chi connectivity index (χ1) is 6.87. The van der Waals surface area contributed by atoms with Gasteiger partial charge in [-0.2, -0.15) is 0 Å². The van der Waals surface area contributed by atoms with Crippen LogP contribution in [0.25, 0.3) is 0 Å². The highest BCUT2D eigenvalue weighted by Gasteiger charge is 2.18. The van der Waals surface area contributed by atoms with Gasteiger partial charge in [0.25, 0.3) is 5.56 Å². The molecule has 0 aliphatic carbocycles. The second-order valence-electron chi connectivity index (χ2n) is 4.37. The zero-order chi connectivity index (χ0) is 11.6. The Morgan fingerprint density at radius 1 is 1.60 bits per heavy atom. The topological polar surface area (TPSA) is 34.9 Å². The molecule has 15 heavy (non-hydrogen) atoms. The summed E-state index contributed by atoms with van der Waals surface area (Å²) in [5.74, 6) is 0. The molecule has 0 atom stereocenters. The average molecular weight is 385 g/mol. The van der Waals surface area contributed by atoms with E-state index in [9.17, 15) is 4.79 Å². The Morgan fingerprint density at radius 3 is 2.73 bits per heavy atom. The van der Waals surface area contributed by atoms with Crippen molar-refractivity contribution in [1.82, 2.24) is 9.55 Å². The molecule has 1 aromatic rings. The summed E-state index contributed by atoms with van der Waals surface area (Å²) >= 11 is 5.50. The third-order valence-electron chi connectivity index (χ3n) is 2.12. The lowest BCUT2D eigenvalue weighted by Gasteiger charge is -2.22. The third-order valence-corrected chi connectivity index (χ3v) is 4.88. The van der Waals surface area contributed by atoms with Crippen LogP contribution < -0.4 is 5.56 Å². The molecule has 0 saturated heterocycles. The van der Waals surface area contributed by atoms with Gasteiger partial charge in [0.05, 0.1) is 15.6 Å². The standard InChI is InChI=1S/C10H14BrIN2O/c1-7-8(12)9(15)14(6-13-7)5-10(2,3)4-11/h6H,4-5H2,1-3H3. The summed E-state index contributed by atoms with van der Waals surface area (Å²) in [5.41, 5.74) is 0.912. The monoisotopic (exact) mass is 384 g/mol. The van der Waals surface area contributed by atoms with Crippen molar-refractivity contribution in [2.24, 2.45) is 5.41 Å². The van der Waals surface area contributed by atoms with Gasteiger partial charge in [-0.3, -0.25) is 9.36 Å². The van der Waals surface area contributed by atoms with E-state index in [0.29, 0.717) is 10.1 Å². The van der Waals surface area contributed by atoms with Crippen LogP contribution >= 0.6 is 38.5 Å². The Kier molecular flexibility index (Phi) is 4.34. The molecule has 84 valence electrons. The molecule has 0 bridgehead atoms. The molecule has 0 unspecified atom stereocenters. The Balaban J connectivity index is 3.08. The van der Waals surface area contributed by atoms with Crippen molar-refractivity contribution >= 4 is 38.5 Å². The molecule has 0 aliphatic heterocycles. The molecule has 0 amide bonds. The normalized spacial score (nSPS) is 11.8. The summed E-state index contributed by atoms with van der Waals surface area (Å²) in [5, 5.41) is 0.858. The predicted octanol–water partition coefficient (Wildman–Crippen LogP) is 2.58. The maximum absolute atomic E-state index is 11.9. The lowest BCUT2D eigenvalue weighted by Crippen LogP contribution is -2.31. The first-order valence-electron chi connectivity index (χ1n) is 4.65. The van der Waals surface area contributed by atoms with Gasteiger partial charge in [-0.25, -0.2) is 4.98 Å². The van der Waals surface area contributed by atoms with Crippen LogP contribution in [-0.2, 0) is 6.54 Å². The van der Waals surface area contributed by atoms with E-state index in [1.54, 1.807) is 10.9 Å². The van der Waals surface area contributed by atoms with E-state index in [2.05, 4.69) is 57.4 Å². The lowest BCUT2D eigenvalue weighted by atomic mass is 9.97. The van der Waals surface area contributed by atoms with Crippen LogP contribution in [0.15, 0.2) is 11.1 Å². The number of aryl methyl sites for hydroxylation is 1. The maximum Gasteiger partial charge on any atom is 0.267 e. The van der Waals surface area contributed by atoms with E-state index >= 15 is 0 Å². The van der Waals surface area contributed by atoms with Gasteiger partial charge in [-0.15, -0.1) is 0 Å². The van der Waals surface area contributed by atoms with Gasteiger partial charge >= 0.3 is 0 Å². The fraction of sp³-hybridized carbons (Fsp3) is 0.600. The van der Waals surface area contributed by atoms with Crippen LogP contribution in [0.2, 0.25) is 0 Å². The molecule has 5 heteroatoms. The first kappa shape index (κ1) is 13.2. The number of alkyl halides is 1. The van der Waals surface area contributed by atoms with Gasteiger partial charge in [0.2, 0.25) is 0 Å². The van der Waals surface area contributed by atoms with Gasteiger partial charge in [-0.05, 0) is 34.9 Å². The van der Waals surface area contributed by atoms with Gasteiger partial charge in [-0.1, -0.05) is 29.8 Å². The molecule has 1 aromatic heterocycles. The van der Waals surface area contributed by atoms with Crippen molar-refractivity contribution < 1.29 is 0 Å². The van der Waals surface area contributed by atoms with E-state index in [-0.39, 0.29) is 11.0 Å². The number of hydrogen-bond acceptors (Lipinski definition) is 2. The summed E-state index contributed by atoms with van der Waals surface area (Å²) < 4.78 is 2.39. The van der Waals surface area contributed by atoms with Crippen LogP contribution in [0.1, 0.15) is 19.5 Å². The number of aromatic nitrogens is 2. The van der Waals surface area contributed by atoms with Crippen molar-refractivity contribution in [1.29, 1.82) is 0 Å². The van der Waals surface area contributed by atoms with E-state index in [1.807, 2.05) is 6.92 Å². The zero-order valence-electron chi connectivity index (χ0n) is 9.05. The second-order valence-corrected chi connectivity index (χ2v) is 6.01. The van der Waals surface area contributed by atoms with Crippen molar-refractivity contribution in [3.63, 3.8) is 0 Å². The quantitative estimate of drug-likeness (QED) is 0.593. The molecule has 0 fully saturated rings. The van der Waals surface area contributed by atoms with E-state index in [1.165, 1.54) is 0 Å². The van der Waals surface area contributed by atoms with Crippen molar-refractivity contribution in [3.05, 3.63) is 25.9 Å². The highest BCUT2D eigenvalue weighted by molar-refractivity contribution is 14.1. The van der Waals surface area contributed by atoms with Crippen LogP contribution in [0.4, 0.5) is 0 Å². The maximum atomic E-state index is 11.9. The molecule has 1 rings (SSSR count). The largest absolute Gasteiger partial charge is 0.298 e. The van der Waals surface area contributed by atoms with Crippen LogP contribution in [-0.4, -0.2) is 14.9 Å². The summed E-state index contributed by atoms with van der Waals surface area (Å²) in [6, 6.07) is 0. The minimum absolute atomic E-state index is 0.0529.